The lowest BCUT2D eigenvalue weighted by atomic mass is 10.0. The molecule has 0 aliphatic carbocycles. The Morgan fingerprint density at radius 2 is 1.93 bits per heavy atom. The molecule has 1 amide bonds. The van der Waals surface area contributed by atoms with Crippen LogP contribution in [0, 0.1) is 11.7 Å². The molecule has 0 bridgehead atoms. The van der Waals surface area contributed by atoms with Crippen LogP contribution in [0.25, 0.3) is 0 Å². The van der Waals surface area contributed by atoms with Crippen molar-refractivity contribution >= 4 is 11.9 Å². The fourth-order valence-corrected chi connectivity index (χ4v) is 3.20. The van der Waals surface area contributed by atoms with E-state index in [1.165, 1.54) is 12.1 Å². The Morgan fingerprint density at radius 1 is 1.30 bits per heavy atom. The van der Waals surface area contributed by atoms with Gasteiger partial charge in [0.15, 0.2) is 5.96 Å². The molecule has 0 saturated carbocycles. The summed E-state index contributed by atoms with van der Waals surface area (Å²) in [5.74, 6) is 0.702. The number of carbonyl (C=O) groups excluding carboxylic acids is 1. The van der Waals surface area contributed by atoms with E-state index in [1.54, 1.807) is 26.3 Å². The quantitative estimate of drug-likeness (QED) is 0.589. The zero-order valence-electron chi connectivity index (χ0n) is 16.7. The number of amides is 1. The summed E-state index contributed by atoms with van der Waals surface area (Å²) in [5, 5.41) is 6.69. The Morgan fingerprint density at radius 3 is 2.44 bits per heavy atom. The van der Waals surface area contributed by atoms with Crippen molar-refractivity contribution in [2.24, 2.45) is 10.9 Å². The molecule has 1 saturated heterocycles. The molecular weight excluding hydrogens is 347 g/mol. The lowest BCUT2D eigenvalue weighted by Crippen LogP contribution is -2.50. The standard InChI is InChI=1S/C20H31FN4O2/c1-14(2)19(26)25-11-9-17(10-12-25)24-20(22-3)23-13-18(27-4)15-5-7-16(21)8-6-15/h5-8,14,17-18H,9-13H2,1-4H3,(H2,22,23,24). The number of rotatable bonds is 6. The van der Waals surface area contributed by atoms with Crippen LogP contribution in [0.4, 0.5) is 4.39 Å². The molecule has 7 heteroatoms. The van der Waals surface area contributed by atoms with Gasteiger partial charge in [-0.1, -0.05) is 26.0 Å². The number of hydrogen-bond donors (Lipinski definition) is 2. The van der Waals surface area contributed by atoms with Crippen molar-refractivity contribution in [2.45, 2.75) is 38.8 Å². The van der Waals surface area contributed by atoms with Crippen molar-refractivity contribution in [2.75, 3.05) is 33.8 Å². The number of guanidine groups is 1. The van der Waals surface area contributed by atoms with Gasteiger partial charge >= 0.3 is 0 Å². The summed E-state index contributed by atoms with van der Waals surface area (Å²) in [6, 6.07) is 6.59. The molecule has 0 spiro atoms. The van der Waals surface area contributed by atoms with Crippen LogP contribution in [-0.2, 0) is 9.53 Å². The molecule has 150 valence electrons. The fraction of sp³-hybridized carbons (Fsp3) is 0.600. The molecule has 1 aliphatic rings. The number of nitrogens with one attached hydrogen (secondary N) is 2. The average Bonchev–Trinajstić information content (AvgIpc) is 2.68. The molecule has 6 nitrogen and oxygen atoms in total. The van der Waals surface area contributed by atoms with Crippen molar-refractivity contribution in [3.8, 4) is 0 Å². The third kappa shape index (κ3) is 6.20. The Kier molecular flexibility index (Phi) is 8.03. The molecule has 0 radical (unpaired) electrons. The molecule has 0 aromatic heterocycles. The Hall–Kier alpha value is -2.15. The van der Waals surface area contributed by atoms with Gasteiger partial charge in [0.1, 0.15) is 5.82 Å². The first-order chi connectivity index (χ1) is 12.9. The van der Waals surface area contributed by atoms with E-state index in [1.807, 2.05) is 18.7 Å². The molecule has 1 heterocycles. The molecule has 2 rings (SSSR count). The zero-order valence-corrected chi connectivity index (χ0v) is 16.7. The average molecular weight is 378 g/mol. The highest BCUT2D eigenvalue weighted by Gasteiger charge is 2.24. The number of nitrogens with zero attached hydrogens (tertiary/aromatic N) is 2. The van der Waals surface area contributed by atoms with Crippen LogP contribution in [0.5, 0.6) is 0 Å². The predicted molar refractivity (Wildman–Crippen MR) is 105 cm³/mol. The van der Waals surface area contributed by atoms with Gasteiger partial charge in [0.2, 0.25) is 5.91 Å². The third-order valence-corrected chi connectivity index (χ3v) is 4.85. The number of aliphatic imine (C=N–C) groups is 1. The summed E-state index contributed by atoms with van der Waals surface area (Å²) in [6.07, 6.45) is 1.59. The predicted octanol–water partition coefficient (Wildman–Crippen LogP) is 2.33. The highest BCUT2D eigenvalue weighted by molar-refractivity contribution is 5.80. The summed E-state index contributed by atoms with van der Waals surface area (Å²) in [5.41, 5.74) is 0.905. The number of halogens is 1. The van der Waals surface area contributed by atoms with E-state index in [2.05, 4.69) is 15.6 Å². The van der Waals surface area contributed by atoms with Crippen LogP contribution in [0.3, 0.4) is 0 Å². The van der Waals surface area contributed by atoms with Crippen LogP contribution < -0.4 is 10.6 Å². The minimum Gasteiger partial charge on any atom is -0.375 e. The minimum absolute atomic E-state index is 0.0429. The maximum Gasteiger partial charge on any atom is 0.225 e. The number of methoxy groups -OCH3 is 1. The second-order valence-corrected chi connectivity index (χ2v) is 7.13. The molecule has 1 fully saturated rings. The van der Waals surface area contributed by atoms with Crippen molar-refractivity contribution in [1.29, 1.82) is 0 Å². The first-order valence-electron chi connectivity index (χ1n) is 9.48. The van der Waals surface area contributed by atoms with Gasteiger partial charge in [0.05, 0.1) is 6.10 Å². The minimum atomic E-state index is -0.263. The largest absolute Gasteiger partial charge is 0.375 e. The SMILES string of the molecule is CN=C(NCC(OC)c1ccc(F)cc1)NC1CCN(C(=O)C(C)C)CC1. The molecule has 1 aliphatic heterocycles. The van der Waals surface area contributed by atoms with Crippen molar-refractivity contribution < 1.29 is 13.9 Å². The summed E-state index contributed by atoms with van der Waals surface area (Å²) in [7, 11) is 3.36. The van der Waals surface area contributed by atoms with Gasteiger partial charge in [0, 0.05) is 45.8 Å². The summed E-state index contributed by atoms with van der Waals surface area (Å²) in [6.45, 7) is 5.92. The van der Waals surface area contributed by atoms with E-state index in [-0.39, 0.29) is 29.8 Å². The molecule has 2 N–H and O–H groups in total. The smallest absolute Gasteiger partial charge is 0.225 e. The molecular formula is C20H31FN4O2. The second kappa shape index (κ2) is 10.3. The van der Waals surface area contributed by atoms with E-state index in [0.29, 0.717) is 12.5 Å². The monoisotopic (exact) mass is 378 g/mol. The summed E-state index contributed by atoms with van der Waals surface area (Å²) < 4.78 is 18.6. The van der Waals surface area contributed by atoms with Crippen LogP contribution in [0.15, 0.2) is 29.3 Å². The van der Waals surface area contributed by atoms with Gasteiger partial charge in [-0.05, 0) is 30.5 Å². The molecule has 1 aromatic carbocycles. The topological polar surface area (TPSA) is 66.0 Å². The van der Waals surface area contributed by atoms with Gasteiger partial charge in [-0.2, -0.15) is 0 Å². The molecule has 1 aromatic rings. The van der Waals surface area contributed by atoms with Crippen LogP contribution in [-0.4, -0.2) is 56.6 Å². The van der Waals surface area contributed by atoms with E-state index in [4.69, 9.17) is 4.74 Å². The van der Waals surface area contributed by atoms with E-state index in [0.717, 1.165) is 31.5 Å². The molecule has 1 unspecified atom stereocenters. The molecule has 1 atom stereocenters. The number of benzene rings is 1. The summed E-state index contributed by atoms with van der Waals surface area (Å²) in [4.78, 5) is 18.3. The maximum atomic E-state index is 13.1. The van der Waals surface area contributed by atoms with Crippen LogP contribution in [0.2, 0.25) is 0 Å². The normalized spacial score (nSPS) is 17.1. The maximum absolute atomic E-state index is 13.1. The number of ether oxygens (including phenoxy) is 1. The lowest BCUT2D eigenvalue weighted by molar-refractivity contribution is -0.135. The summed E-state index contributed by atoms with van der Waals surface area (Å²) >= 11 is 0. The Balaban J connectivity index is 1.82. The van der Waals surface area contributed by atoms with Crippen LogP contribution in [0.1, 0.15) is 38.4 Å². The fourth-order valence-electron chi connectivity index (χ4n) is 3.20. The van der Waals surface area contributed by atoms with Crippen molar-refractivity contribution in [3.05, 3.63) is 35.6 Å². The van der Waals surface area contributed by atoms with E-state index >= 15 is 0 Å². The third-order valence-electron chi connectivity index (χ3n) is 4.85. The van der Waals surface area contributed by atoms with Crippen molar-refractivity contribution in [3.63, 3.8) is 0 Å². The van der Waals surface area contributed by atoms with Crippen LogP contribution >= 0.6 is 0 Å². The van der Waals surface area contributed by atoms with E-state index < -0.39 is 0 Å². The van der Waals surface area contributed by atoms with Gasteiger partial charge in [-0.3, -0.25) is 9.79 Å². The second-order valence-electron chi connectivity index (χ2n) is 7.13. The van der Waals surface area contributed by atoms with Crippen molar-refractivity contribution in [1.82, 2.24) is 15.5 Å². The van der Waals surface area contributed by atoms with E-state index in [9.17, 15) is 9.18 Å². The highest BCUT2D eigenvalue weighted by atomic mass is 19.1. The first kappa shape index (κ1) is 21.2. The number of carbonyl (C=O) groups is 1. The Bertz CT molecular complexity index is 625. The molecule has 27 heavy (non-hydrogen) atoms. The number of piperidine rings is 1. The first-order valence-corrected chi connectivity index (χ1v) is 9.48. The zero-order chi connectivity index (χ0) is 19.8. The highest BCUT2D eigenvalue weighted by Crippen LogP contribution is 2.16. The van der Waals surface area contributed by atoms with Gasteiger partial charge in [0.25, 0.3) is 0 Å². The van der Waals surface area contributed by atoms with Gasteiger partial charge < -0.3 is 20.3 Å². The Labute approximate surface area is 161 Å². The number of hydrogen-bond acceptors (Lipinski definition) is 3. The lowest BCUT2D eigenvalue weighted by Gasteiger charge is -2.34. The van der Waals surface area contributed by atoms with Gasteiger partial charge in [-0.15, -0.1) is 0 Å². The van der Waals surface area contributed by atoms with Gasteiger partial charge in [-0.25, -0.2) is 4.39 Å². The number of likely N-dealkylation sites (tertiary alicyclic amines) is 1.